The fraction of sp³-hybridized carbons (Fsp3) is 0.438. The number of nitrogens with one attached hydrogen (secondary N) is 4. The predicted octanol–water partition coefficient (Wildman–Crippen LogP) is 6.99. The number of urea groups is 1. The van der Waals surface area contributed by atoms with Gasteiger partial charge in [-0.1, -0.05) is 31.1 Å². The molecule has 3 unspecified atom stereocenters. The number of halogens is 1. The van der Waals surface area contributed by atoms with Gasteiger partial charge in [-0.25, -0.2) is 19.0 Å². The summed E-state index contributed by atoms with van der Waals surface area (Å²) in [6.07, 6.45) is 7.06. The average molecular weight is 593 g/mol. The summed E-state index contributed by atoms with van der Waals surface area (Å²) in [6, 6.07) is 4.03. The molecule has 3 heterocycles. The lowest BCUT2D eigenvalue weighted by atomic mass is 9.93. The molecule has 2 bridgehead atoms. The lowest BCUT2D eigenvalue weighted by Gasteiger charge is -2.38. The second kappa shape index (κ2) is 13.7. The monoisotopic (exact) mass is 592 g/mol. The van der Waals surface area contributed by atoms with E-state index >= 15 is 4.39 Å². The summed E-state index contributed by atoms with van der Waals surface area (Å²) in [6.45, 7) is 9.57. The highest BCUT2D eigenvalue weighted by atomic mass is 19.1. The molecule has 4 amide bonds. The van der Waals surface area contributed by atoms with Gasteiger partial charge in [0.2, 0.25) is 5.91 Å². The number of hydrogen-bond donors (Lipinski definition) is 4. The first-order chi connectivity index (χ1) is 20.5. The van der Waals surface area contributed by atoms with E-state index in [2.05, 4.69) is 20.9 Å². The third-order valence-electron chi connectivity index (χ3n) is 7.94. The number of amides is 4. The van der Waals surface area contributed by atoms with Crippen LogP contribution in [0.4, 0.5) is 25.4 Å². The van der Waals surface area contributed by atoms with E-state index in [0.717, 1.165) is 5.57 Å². The molecule has 1 aromatic carbocycles. The number of aromatic nitrogens is 2. The molecular formula is C32H41FN6O4. The molecule has 2 aliphatic heterocycles. The summed E-state index contributed by atoms with van der Waals surface area (Å²) in [5, 5.41) is 8.66. The zero-order chi connectivity index (χ0) is 31.3. The zero-order valence-corrected chi connectivity index (χ0v) is 25.6. The van der Waals surface area contributed by atoms with Crippen LogP contribution in [0.1, 0.15) is 72.2 Å². The number of nitrogens with zero attached hydrogens (tertiary/aromatic N) is 2. The zero-order valence-electron chi connectivity index (χ0n) is 25.6. The number of allylic oxidation sites excluding steroid dienone is 4. The maximum Gasteiger partial charge on any atom is 0.411 e. The molecule has 10 nitrogen and oxygen atoms in total. The fourth-order valence-electron chi connectivity index (χ4n) is 5.65. The van der Waals surface area contributed by atoms with E-state index in [1.807, 2.05) is 27.7 Å². The number of imidazole rings is 1. The van der Waals surface area contributed by atoms with Gasteiger partial charge in [0.25, 0.3) is 0 Å². The molecule has 2 aliphatic rings. The number of aromatic amines is 1. The van der Waals surface area contributed by atoms with E-state index in [1.165, 1.54) is 7.11 Å². The number of fused-ring (bicyclic) bond motifs is 4. The molecular weight excluding hydrogens is 551 g/mol. The number of carbonyl (C=O) groups excluding carboxylic acids is 3. The third kappa shape index (κ3) is 7.15. The van der Waals surface area contributed by atoms with Crippen LogP contribution in [-0.2, 0) is 9.53 Å². The molecule has 1 fully saturated rings. The Morgan fingerprint density at radius 3 is 2.63 bits per heavy atom. The lowest BCUT2D eigenvalue weighted by Crippen LogP contribution is -2.53. The van der Waals surface area contributed by atoms with Gasteiger partial charge in [0.1, 0.15) is 11.7 Å². The summed E-state index contributed by atoms with van der Waals surface area (Å²) in [5.41, 5.74) is 4.05. The van der Waals surface area contributed by atoms with Gasteiger partial charge in [-0.15, -0.1) is 0 Å². The van der Waals surface area contributed by atoms with Crippen LogP contribution in [0.25, 0.3) is 11.3 Å². The van der Waals surface area contributed by atoms with Gasteiger partial charge in [-0.05, 0) is 70.7 Å². The Labute approximate surface area is 251 Å². The van der Waals surface area contributed by atoms with Crippen molar-refractivity contribution in [3.8, 4) is 11.3 Å². The molecule has 4 N–H and O–H groups in total. The van der Waals surface area contributed by atoms with Gasteiger partial charge in [0, 0.05) is 35.5 Å². The van der Waals surface area contributed by atoms with Gasteiger partial charge < -0.3 is 25.3 Å². The van der Waals surface area contributed by atoms with Gasteiger partial charge in [-0.2, -0.15) is 0 Å². The van der Waals surface area contributed by atoms with Crippen LogP contribution in [0, 0.1) is 5.92 Å². The van der Waals surface area contributed by atoms with E-state index < -0.39 is 12.1 Å². The summed E-state index contributed by atoms with van der Waals surface area (Å²) in [4.78, 5) is 48.3. The normalized spacial score (nSPS) is 21.5. The predicted molar refractivity (Wildman–Crippen MR) is 165 cm³/mol. The number of anilines is 2. The summed E-state index contributed by atoms with van der Waals surface area (Å²) in [7, 11) is 1.28. The highest BCUT2D eigenvalue weighted by Gasteiger charge is 2.35. The van der Waals surface area contributed by atoms with Crippen molar-refractivity contribution in [2.75, 3.05) is 24.3 Å². The molecule has 43 heavy (non-hydrogen) atoms. The minimum absolute atomic E-state index is 0.152. The van der Waals surface area contributed by atoms with Crippen LogP contribution >= 0.6 is 0 Å². The van der Waals surface area contributed by atoms with Crippen LogP contribution in [0.2, 0.25) is 0 Å². The van der Waals surface area contributed by atoms with Crippen molar-refractivity contribution in [2.24, 2.45) is 5.92 Å². The minimum Gasteiger partial charge on any atom is -0.453 e. The highest BCUT2D eigenvalue weighted by molar-refractivity contribution is 5.98. The average Bonchev–Trinajstić information content (AvgIpc) is 3.45. The topological polar surface area (TPSA) is 128 Å². The summed E-state index contributed by atoms with van der Waals surface area (Å²) >= 11 is 0. The first-order valence-corrected chi connectivity index (χ1v) is 14.6. The van der Waals surface area contributed by atoms with Gasteiger partial charge in [0.05, 0.1) is 30.6 Å². The van der Waals surface area contributed by atoms with Crippen LogP contribution in [-0.4, -0.2) is 52.6 Å². The molecule has 11 heteroatoms. The molecule has 0 spiro atoms. The number of hydrogen-bond acceptors (Lipinski definition) is 5. The van der Waals surface area contributed by atoms with Gasteiger partial charge >= 0.3 is 12.1 Å². The maximum absolute atomic E-state index is 15.4. The molecule has 2 aromatic rings. The van der Waals surface area contributed by atoms with Crippen molar-refractivity contribution in [1.29, 1.82) is 0 Å². The van der Waals surface area contributed by atoms with E-state index in [0.29, 0.717) is 71.8 Å². The Balaban J connectivity index is 1.65. The Bertz CT molecular complexity index is 1470. The number of ether oxygens (including phenoxy) is 1. The van der Waals surface area contributed by atoms with Crippen molar-refractivity contribution in [3.05, 3.63) is 64.9 Å². The Hall–Kier alpha value is -4.41. The van der Waals surface area contributed by atoms with Crippen molar-refractivity contribution in [1.82, 2.24) is 20.2 Å². The van der Waals surface area contributed by atoms with E-state index in [4.69, 9.17) is 9.72 Å². The smallest absolute Gasteiger partial charge is 0.411 e. The first-order valence-electron chi connectivity index (χ1n) is 14.6. The fourth-order valence-corrected chi connectivity index (χ4v) is 5.65. The third-order valence-corrected chi connectivity index (χ3v) is 7.94. The van der Waals surface area contributed by atoms with Crippen LogP contribution < -0.4 is 16.0 Å². The molecule has 230 valence electrons. The van der Waals surface area contributed by atoms with E-state index in [1.54, 1.807) is 48.4 Å². The maximum atomic E-state index is 15.4. The largest absolute Gasteiger partial charge is 0.453 e. The lowest BCUT2D eigenvalue weighted by molar-refractivity contribution is -0.119. The van der Waals surface area contributed by atoms with Crippen LogP contribution in [0.3, 0.4) is 0 Å². The number of methoxy groups -OCH3 is 1. The number of carbonyl (C=O) groups is 3. The van der Waals surface area contributed by atoms with E-state index in [9.17, 15) is 14.4 Å². The number of H-pyrrole nitrogens is 1. The van der Waals surface area contributed by atoms with Crippen LogP contribution in [0.15, 0.2) is 59.1 Å². The quantitative estimate of drug-likeness (QED) is 0.278. The molecule has 0 saturated carbocycles. The number of rotatable bonds is 5. The second-order valence-electron chi connectivity index (χ2n) is 11.3. The first kappa shape index (κ1) is 31.5. The summed E-state index contributed by atoms with van der Waals surface area (Å²) < 4.78 is 20.1. The van der Waals surface area contributed by atoms with Crippen molar-refractivity contribution in [3.63, 3.8) is 0 Å². The molecule has 1 saturated heterocycles. The van der Waals surface area contributed by atoms with Gasteiger partial charge in [0.15, 0.2) is 0 Å². The minimum atomic E-state index is -0.622. The standard InChI is InChI=1S/C32H41FN6O4/c1-7-9-19(4)28(33)27(18(2)3)23-14-15-39(31(41)38-23)26-11-8-10-20(5)30(40)37-24-16-21(35-32(42)43-6)12-13-22(24)25-17-34-29(26)36-25/h7,9,12-13,16-17,20,23,26H,8,10-11,14-15H2,1-6H3,(H,34,36)(H,35,42)(H,37,40)(H,38,41)/b9-7-,28-19+. The van der Waals surface area contributed by atoms with Crippen molar-refractivity contribution in [2.45, 2.75) is 72.4 Å². The van der Waals surface area contributed by atoms with Crippen molar-refractivity contribution < 1.29 is 23.5 Å². The molecule has 4 rings (SSSR count). The molecule has 0 radical (unpaired) electrons. The Kier molecular flexibility index (Phi) is 10.1. The number of benzene rings is 1. The van der Waals surface area contributed by atoms with E-state index in [-0.39, 0.29) is 29.7 Å². The molecule has 0 aliphatic carbocycles. The molecule has 3 atom stereocenters. The van der Waals surface area contributed by atoms with Gasteiger partial charge in [-0.3, -0.25) is 10.1 Å². The second-order valence-corrected chi connectivity index (χ2v) is 11.3. The van der Waals surface area contributed by atoms with Crippen molar-refractivity contribution >= 4 is 29.4 Å². The highest BCUT2D eigenvalue weighted by Crippen LogP contribution is 2.36. The Morgan fingerprint density at radius 1 is 1.19 bits per heavy atom. The Morgan fingerprint density at radius 2 is 1.95 bits per heavy atom. The SMILES string of the molecule is C/C=C\C(C)=C(\F)C(=C(C)C)C1CCN(C2CCCC(C)C(=O)Nc3cc(NC(=O)OC)ccc3-c3c[nH]c2n3)C(=O)N1. The molecule has 1 aromatic heterocycles. The summed E-state index contributed by atoms with van der Waals surface area (Å²) in [5.74, 6) is -0.125. The van der Waals surface area contributed by atoms with Crippen LogP contribution in [0.5, 0.6) is 0 Å².